The highest BCUT2D eigenvalue weighted by molar-refractivity contribution is 5.79. The molecule has 1 aliphatic rings. The fourth-order valence-corrected chi connectivity index (χ4v) is 4.64. The SMILES string of the molecule is Cc1nn(Cc2ccccc2)c(C)c1CNC(=O)CN1CCC(C(=O)NCc2ccc(F)cc2)CC1. The third-order valence-electron chi connectivity index (χ3n) is 6.87. The zero-order chi connectivity index (χ0) is 25.5. The van der Waals surface area contributed by atoms with Crippen molar-refractivity contribution in [2.75, 3.05) is 19.6 Å². The largest absolute Gasteiger partial charge is 0.352 e. The fraction of sp³-hybridized carbons (Fsp3) is 0.393. The standard InChI is InChI=1S/C28H34FN5O2/c1-20-26(21(2)34(32-20)18-23-6-4-3-5-7-23)17-30-27(35)19-33-14-12-24(13-15-33)28(36)31-16-22-8-10-25(29)11-9-22/h3-11,24H,12-19H2,1-2H3,(H,30,35)(H,31,36). The number of amides is 2. The summed E-state index contributed by atoms with van der Waals surface area (Å²) in [5.74, 6) is -0.360. The van der Waals surface area contributed by atoms with E-state index in [1.165, 1.54) is 17.7 Å². The maximum Gasteiger partial charge on any atom is 0.234 e. The molecule has 2 N–H and O–H groups in total. The molecule has 0 aliphatic carbocycles. The van der Waals surface area contributed by atoms with E-state index in [0.717, 1.165) is 22.5 Å². The van der Waals surface area contributed by atoms with E-state index < -0.39 is 0 Å². The summed E-state index contributed by atoms with van der Waals surface area (Å²) in [5.41, 5.74) is 5.09. The van der Waals surface area contributed by atoms with Crippen molar-refractivity contribution < 1.29 is 14.0 Å². The van der Waals surface area contributed by atoms with Crippen LogP contribution < -0.4 is 10.6 Å². The molecule has 1 fully saturated rings. The first-order chi connectivity index (χ1) is 17.4. The lowest BCUT2D eigenvalue weighted by atomic mass is 9.96. The summed E-state index contributed by atoms with van der Waals surface area (Å²) >= 11 is 0. The lowest BCUT2D eigenvalue weighted by Crippen LogP contribution is -2.44. The minimum absolute atomic E-state index is 0.0156. The van der Waals surface area contributed by atoms with E-state index in [1.807, 2.05) is 36.7 Å². The molecule has 36 heavy (non-hydrogen) atoms. The number of halogens is 1. The second-order valence-electron chi connectivity index (χ2n) is 9.46. The maximum absolute atomic E-state index is 13.0. The van der Waals surface area contributed by atoms with Gasteiger partial charge in [-0.1, -0.05) is 42.5 Å². The van der Waals surface area contributed by atoms with E-state index >= 15 is 0 Å². The smallest absolute Gasteiger partial charge is 0.234 e. The maximum atomic E-state index is 13.0. The molecule has 3 aromatic rings. The molecule has 1 aliphatic heterocycles. The van der Waals surface area contributed by atoms with E-state index in [-0.39, 0.29) is 23.5 Å². The minimum atomic E-state index is -0.287. The Labute approximate surface area is 211 Å². The van der Waals surface area contributed by atoms with Crippen molar-refractivity contribution in [3.05, 3.63) is 88.5 Å². The first kappa shape index (κ1) is 25.6. The molecule has 0 radical (unpaired) electrons. The molecule has 1 aromatic heterocycles. The van der Waals surface area contributed by atoms with Crippen LogP contribution in [0.1, 0.15) is 40.9 Å². The molecule has 7 nitrogen and oxygen atoms in total. The van der Waals surface area contributed by atoms with Crippen LogP contribution >= 0.6 is 0 Å². The van der Waals surface area contributed by atoms with E-state index in [2.05, 4.69) is 32.8 Å². The van der Waals surface area contributed by atoms with Gasteiger partial charge < -0.3 is 10.6 Å². The van der Waals surface area contributed by atoms with Gasteiger partial charge in [-0.05, 0) is 63.0 Å². The number of piperidine rings is 1. The molecule has 1 saturated heterocycles. The topological polar surface area (TPSA) is 79.3 Å². The van der Waals surface area contributed by atoms with E-state index in [1.54, 1.807) is 12.1 Å². The van der Waals surface area contributed by atoms with Gasteiger partial charge in [-0.15, -0.1) is 0 Å². The Balaban J connectivity index is 1.19. The predicted octanol–water partition coefficient (Wildman–Crippen LogP) is 3.33. The van der Waals surface area contributed by atoms with Crippen molar-refractivity contribution >= 4 is 11.8 Å². The number of carbonyl (C=O) groups excluding carboxylic acids is 2. The Morgan fingerprint density at radius 3 is 2.33 bits per heavy atom. The van der Waals surface area contributed by atoms with Gasteiger partial charge in [-0.2, -0.15) is 5.10 Å². The molecule has 8 heteroatoms. The van der Waals surface area contributed by atoms with Crippen molar-refractivity contribution in [3.8, 4) is 0 Å². The average Bonchev–Trinajstić information content (AvgIpc) is 3.15. The molecular weight excluding hydrogens is 457 g/mol. The molecule has 2 heterocycles. The third-order valence-corrected chi connectivity index (χ3v) is 6.87. The molecule has 0 saturated carbocycles. The summed E-state index contributed by atoms with van der Waals surface area (Å²) < 4.78 is 15.0. The average molecular weight is 492 g/mol. The first-order valence-electron chi connectivity index (χ1n) is 12.5. The van der Waals surface area contributed by atoms with Gasteiger partial charge >= 0.3 is 0 Å². The Morgan fingerprint density at radius 2 is 1.64 bits per heavy atom. The van der Waals surface area contributed by atoms with Gasteiger partial charge in [0.2, 0.25) is 11.8 Å². The molecule has 0 spiro atoms. The summed E-state index contributed by atoms with van der Waals surface area (Å²) in [6, 6.07) is 16.3. The normalized spacial score (nSPS) is 14.5. The molecular formula is C28H34FN5O2. The zero-order valence-corrected chi connectivity index (χ0v) is 21.0. The summed E-state index contributed by atoms with van der Waals surface area (Å²) in [5, 5.41) is 10.6. The highest BCUT2D eigenvalue weighted by Crippen LogP contribution is 2.18. The van der Waals surface area contributed by atoms with Gasteiger partial charge in [0.15, 0.2) is 0 Å². The number of hydrogen-bond donors (Lipinski definition) is 2. The highest BCUT2D eigenvalue weighted by Gasteiger charge is 2.26. The lowest BCUT2D eigenvalue weighted by Gasteiger charge is -2.30. The first-order valence-corrected chi connectivity index (χ1v) is 12.5. The molecule has 0 bridgehead atoms. The monoisotopic (exact) mass is 491 g/mol. The fourth-order valence-electron chi connectivity index (χ4n) is 4.64. The van der Waals surface area contributed by atoms with Gasteiger partial charge in [0.25, 0.3) is 0 Å². The molecule has 0 unspecified atom stereocenters. The van der Waals surface area contributed by atoms with Gasteiger partial charge in [0, 0.05) is 30.3 Å². The number of hydrogen-bond acceptors (Lipinski definition) is 4. The molecule has 190 valence electrons. The van der Waals surface area contributed by atoms with Crippen LogP contribution in [-0.4, -0.2) is 46.1 Å². The second-order valence-corrected chi connectivity index (χ2v) is 9.46. The Kier molecular flexibility index (Phi) is 8.48. The zero-order valence-electron chi connectivity index (χ0n) is 21.0. The van der Waals surface area contributed by atoms with Crippen LogP contribution in [0, 0.1) is 25.6 Å². The summed E-state index contributed by atoms with van der Waals surface area (Å²) in [6.07, 6.45) is 1.43. The van der Waals surface area contributed by atoms with Crippen molar-refractivity contribution in [2.24, 2.45) is 5.92 Å². The molecule has 2 aromatic carbocycles. The van der Waals surface area contributed by atoms with Crippen LogP contribution in [0.25, 0.3) is 0 Å². The third kappa shape index (κ3) is 6.79. The van der Waals surface area contributed by atoms with E-state index in [4.69, 9.17) is 0 Å². The molecule has 2 amide bonds. The van der Waals surface area contributed by atoms with Gasteiger partial charge in [-0.25, -0.2) is 4.39 Å². The van der Waals surface area contributed by atoms with Crippen LogP contribution in [-0.2, 0) is 29.2 Å². The summed E-state index contributed by atoms with van der Waals surface area (Å²) in [7, 11) is 0. The minimum Gasteiger partial charge on any atom is -0.352 e. The van der Waals surface area contributed by atoms with Crippen LogP contribution in [0.5, 0.6) is 0 Å². The van der Waals surface area contributed by atoms with Crippen molar-refractivity contribution in [1.29, 1.82) is 0 Å². The number of benzene rings is 2. The number of nitrogens with one attached hydrogen (secondary N) is 2. The van der Waals surface area contributed by atoms with Crippen LogP contribution in [0.2, 0.25) is 0 Å². The predicted molar refractivity (Wildman–Crippen MR) is 137 cm³/mol. The highest BCUT2D eigenvalue weighted by atomic mass is 19.1. The number of aromatic nitrogens is 2. The number of rotatable bonds is 9. The van der Waals surface area contributed by atoms with E-state index in [9.17, 15) is 14.0 Å². The number of likely N-dealkylation sites (tertiary alicyclic amines) is 1. The molecule has 0 atom stereocenters. The number of nitrogens with zero attached hydrogens (tertiary/aromatic N) is 3. The Bertz CT molecular complexity index is 1170. The van der Waals surface area contributed by atoms with Crippen molar-refractivity contribution in [2.45, 2.75) is 46.3 Å². The van der Waals surface area contributed by atoms with Gasteiger partial charge in [-0.3, -0.25) is 19.2 Å². The molecule has 4 rings (SSSR count). The van der Waals surface area contributed by atoms with Gasteiger partial charge in [0.1, 0.15) is 5.82 Å². The van der Waals surface area contributed by atoms with Crippen LogP contribution in [0.4, 0.5) is 4.39 Å². The lowest BCUT2D eigenvalue weighted by molar-refractivity contribution is -0.127. The summed E-state index contributed by atoms with van der Waals surface area (Å²) in [6.45, 7) is 7.28. The van der Waals surface area contributed by atoms with Crippen LogP contribution in [0.3, 0.4) is 0 Å². The van der Waals surface area contributed by atoms with Gasteiger partial charge in [0.05, 0.1) is 18.8 Å². The summed E-state index contributed by atoms with van der Waals surface area (Å²) in [4.78, 5) is 27.2. The van der Waals surface area contributed by atoms with Crippen molar-refractivity contribution in [3.63, 3.8) is 0 Å². The quantitative estimate of drug-likeness (QED) is 0.481. The second kappa shape index (κ2) is 11.9. The Morgan fingerprint density at radius 1 is 0.944 bits per heavy atom. The van der Waals surface area contributed by atoms with E-state index in [0.29, 0.717) is 52.1 Å². The number of carbonyl (C=O) groups is 2. The number of aryl methyl sites for hydroxylation is 1. The van der Waals surface area contributed by atoms with Crippen molar-refractivity contribution in [1.82, 2.24) is 25.3 Å². The Hall–Kier alpha value is -3.52. The van der Waals surface area contributed by atoms with Crippen LogP contribution in [0.15, 0.2) is 54.6 Å².